The fraction of sp³-hybridized carbons (Fsp3) is 0.385. The van der Waals surface area contributed by atoms with Gasteiger partial charge >= 0.3 is 5.97 Å². The lowest BCUT2D eigenvalue weighted by Crippen LogP contribution is -2.29. The van der Waals surface area contributed by atoms with Gasteiger partial charge < -0.3 is 9.67 Å². The van der Waals surface area contributed by atoms with Gasteiger partial charge in [0.15, 0.2) is 0 Å². The summed E-state index contributed by atoms with van der Waals surface area (Å²) < 4.78 is 1.96. The molecular weight excluding hydrogens is 216 g/mol. The molecule has 1 N–H and O–H groups in total. The number of aliphatic carboxylic acids is 1. The van der Waals surface area contributed by atoms with Gasteiger partial charge in [0.2, 0.25) is 0 Å². The van der Waals surface area contributed by atoms with Gasteiger partial charge in [0.1, 0.15) is 5.82 Å². The zero-order valence-corrected chi connectivity index (χ0v) is 10.3. The maximum absolute atomic E-state index is 11.2. The lowest BCUT2D eigenvalue weighted by molar-refractivity contribution is -0.147. The number of imidazole rings is 1. The summed E-state index contributed by atoms with van der Waals surface area (Å²) in [7, 11) is 0. The fourth-order valence-corrected chi connectivity index (χ4v) is 1.86. The van der Waals surface area contributed by atoms with Gasteiger partial charge in [0, 0.05) is 6.54 Å². The Balaban J connectivity index is 2.49. The lowest BCUT2D eigenvalue weighted by Gasteiger charge is -2.21. The number of para-hydroxylation sites is 2. The Hall–Kier alpha value is -1.84. The Morgan fingerprint density at radius 1 is 1.41 bits per heavy atom. The third-order valence-electron chi connectivity index (χ3n) is 2.98. The van der Waals surface area contributed by atoms with Crippen LogP contribution in [0.3, 0.4) is 0 Å². The molecule has 4 heteroatoms. The molecule has 0 atom stereocenters. The number of aryl methyl sites for hydroxylation is 1. The molecule has 1 heterocycles. The molecule has 0 saturated carbocycles. The summed E-state index contributed by atoms with van der Waals surface area (Å²) in [5.41, 5.74) is 1.10. The van der Waals surface area contributed by atoms with Gasteiger partial charge in [-0.25, -0.2) is 4.98 Å². The van der Waals surface area contributed by atoms with Crippen LogP contribution >= 0.6 is 0 Å². The van der Waals surface area contributed by atoms with Crippen LogP contribution in [0.2, 0.25) is 0 Å². The van der Waals surface area contributed by atoms with E-state index < -0.39 is 11.4 Å². The molecule has 0 unspecified atom stereocenters. The summed E-state index contributed by atoms with van der Waals surface area (Å²) in [6.07, 6.45) is 0. The molecule has 0 aliphatic carbocycles. The molecule has 0 spiro atoms. The zero-order chi connectivity index (χ0) is 12.6. The largest absolute Gasteiger partial charge is 0.481 e. The molecule has 1 aromatic heterocycles. The number of fused-ring (bicyclic) bond motifs is 1. The average Bonchev–Trinajstić information content (AvgIpc) is 2.55. The van der Waals surface area contributed by atoms with Gasteiger partial charge in [-0.05, 0) is 32.9 Å². The second kappa shape index (κ2) is 3.87. The van der Waals surface area contributed by atoms with Gasteiger partial charge in [-0.3, -0.25) is 4.79 Å². The highest BCUT2D eigenvalue weighted by Gasteiger charge is 2.28. The lowest BCUT2D eigenvalue weighted by atomic mass is 9.93. The first-order valence-electron chi connectivity index (χ1n) is 5.57. The van der Waals surface area contributed by atoms with Crippen LogP contribution in [0, 0.1) is 12.3 Å². The molecule has 0 aliphatic rings. The smallest absolute Gasteiger partial charge is 0.310 e. The molecule has 0 bridgehead atoms. The fourth-order valence-electron chi connectivity index (χ4n) is 1.86. The van der Waals surface area contributed by atoms with Crippen molar-refractivity contribution >= 4 is 17.0 Å². The zero-order valence-electron chi connectivity index (χ0n) is 10.3. The number of rotatable bonds is 3. The van der Waals surface area contributed by atoms with Crippen molar-refractivity contribution < 1.29 is 9.90 Å². The van der Waals surface area contributed by atoms with Crippen LogP contribution in [0.1, 0.15) is 19.7 Å². The molecule has 90 valence electrons. The van der Waals surface area contributed by atoms with Crippen molar-refractivity contribution in [3.05, 3.63) is 30.1 Å². The minimum absolute atomic E-state index is 0.425. The average molecular weight is 232 g/mol. The highest BCUT2D eigenvalue weighted by atomic mass is 16.4. The van der Waals surface area contributed by atoms with E-state index in [0.29, 0.717) is 6.54 Å². The van der Waals surface area contributed by atoms with E-state index >= 15 is 0 Å². The molecule has 0 amide bonds. The van der Waals surface area contributed by atoms with E-state index in [1.807, 2.05) is 35.8 Å². The Morgan fingerprint density at radius 2 is 2.06 bits per heavy atom. The highest BCUT2D eigenvalue weighted by molar-refractivity contribution is 5.77. The minimum atomic E-state index is -0.797. The van der Waals surface area contributed by atoms with Gasteiger partial charge in [0.25, 0.3) is 0 Å². The first kappa shape index (κ1) is 11.6. The molecular formula is C13H16N2O2. The van der Waals surface area contributed by atoms with Crippen molar-refractivity contribution in [2.45, 2.75) is 27.3 Å². The summed E-state index contributed by atoms with van der Waals surface area (Å²) in [6, 6.07) is 7.77. The maximum Gasteiger partial charge on any atom is 0.310 e. The van der Waals surface area contributed by atoms with E-state index in [1.54, 1.807) is 13.8 Å². The van der Waals surface area contributed by atoms with Crippen molar-refractivity contribution in [2.24, 2.45) is 5.41 Å². The quantitative estimate of drug-likeness (QED) is 0.884. The van der Waals surface area contributed by atoms with E-state index in [-0.39, 0.29) is 0 Å². The third-order valence-corrected chi connectivity index (χ3v) is 2.98. The van der Waals surface area contributed by atoms with E-state index in [4.69, 9.17) is 5.11 Å². The van der Waals surface area contributed by atoms with Gasteiger partial charge in [-0.1, -0.05) is 12.1 Å². The number of hydrogen-bond acceptors (Lipinski definition) is 2. The van der Waals surface area contributed by atoms with Crippen molar-refractivity contribution in [2.75, 3.05) is 0 Å². The second-order valence-corrected chi connectivity index (χ2v) is 4.92. The van der Waals surface area contributed by atoms with E-state index in [2.05, 4.69) is 4.98 Å². The number of aromatic nitrogens is 2. The molecule has 2 rings (SSSR count). The van der Waals surface area contributed by atoms with Gasteiger partial charge in [-0.2, -0.15) is 0 Å². The second-order valence-electron chi connectivity index (χ2n) is 4.92. The van der Waals surface area contributed by atoms with Gasteiger partial charge in [0.05, 0.1) is 16.4 Å². The Labute approximate surface area is 99.9 Å². The summed E-state index contributed by atoms with van der Waals surface area (Å²) in [6.45, 7) is 5.78. The predicted molar refractivity (Wildman–Crippen MR) is 65.9 cm³/mol. The number of hydrogen-bond donors (Lipinski definition) is 1. The predicted octanol–water partition coefficient (Wildman–Crippen LogP) is 2.46. The van der Waals surface area contributed by atoms with Crippen LogP contribution in [0.4, 0.5) is 0 Å². The van der Waals surface area contributed by atoms with Crippen LogP contribution in [0.15, 0.2) is 24.3 Å². The summed E-state index contributed by atoms with van der Waals surface area (Å²) in [5, 5.41) is 9.17. The topological polar surface area (TPSA) is 55.1 Å². The van der Waals surface area contributed by atoms with E-state index in [0.717, 1.165) is 16.9 Å². The van der Waals surface area contributed by atoms with Crippen LogP contribution in [-0.4, -0.2) is 20.6 Å². The maximum atomic E-state index is 11.2. The van der Waals surface area contributed by atoms with E-state index in [1.165, 1.54) is 0 Å². The molecule has 0 radical (unpaired) electrons. The Bertz CT molecular complexity index is 570. The number of nitrogens with zero attached hydrogens (tertiary/aromatic N) is 2. The molecule has 0 fully saturated rings. The highest BCUT2D eigenvalue weighted by Crippen LogP contribution is 2.23. The van der Waals surface area contributed by atoms with Crippen molar-refractivity contribution in [3.8, 4) is 0 Å². The molecule has 17 heavy (non-hydrogen) atoms. The van der Waals surface area contributed by atoms with Crippen LogP contribution in [0.25, 0.3) is 11.0 Å². The molecule has 4 nitrogen and oxygen atoms in total. The van der Waals surface area contributed by atoms with Gasteiger partial charge in [-0.15, -0.1) is 0 Å². The van der Waals surface area contributed by atoms with Crippen molar-refractivity contribution in [1.82, 2.24) is 9.55 Å². The number of carboxylic acid groups (broad SMARTS) is 1. The number of carboxylic acids is 1. The number of carbonyl (C=O) groups is 1. The standard InChI is InChI=1S/C13H16N2O2/c1-9-14-10-6-4-5-7-11(10)15(9)8-13(2,3)12(16)17/h4-7H,8H2,1-3H3,(H,16,17). The normalized spacial score (nSPS) is 11.9. The van der Waals surface area contributed by atoms with Crippen LogP contribution < -0.4 is 0 Å². The van der Waals surface area contributed by atoms with Crippen LogP contribution in [0.5, 0.6) is 0 Å². The van der Waals surface area contributed by atoms with Crippen molar-refractivity contribution in [1.29, 1.82) is 0 Å². The minimum Gasteiger partial charge on any atom is -0.481 e. The van der Waals surface area contributed by atoms with Crippen LogP contribution in [-0.2, 0) is 11.3 Å². The third kappa shape index (κ3) is 2.02. The Kier molecular flexibility index (Phi) is 2.65. The summed E-state index contributed by atoms with van der Waals surface area (Å²) in [5.74, 6) is 0.0511. The SMILES string of the molecule is Cc1nc2ccccc2n1CC(C)(C)C(=O)O. The molecule has 0 saturated heterocycles. The van der Waals surface area contributed by atoms with E-state index in [9.17, 15) is 4.79 Å². The first-order valence-corrected chi connectivity index (χ1v) is 5.57. The molecule has 2 aromatic rings. The summed E-state index contributed by atoms with van der Waals surface area (Å²) in [4.78, 5) is 15.6. The molecule has 1 aromatic carbocycles. The Morgan fingerprint density at radius 3 is 2.71 bits per heavy atom. The van der Waals surface area contributed by atoms with Crippen molar-refractivity contribution in [3.63, 3.8) is 0 Å². The molecule has 0 aliphatic heterocycles. The number of benzene rings is 1. The monoisotopic (exact) mass is 232 g/mol. The first-order chi connectivity index (χ1) is 7.92. The summed E-state index contributed by atoms with van der Waals surface area (Å²) >= 11 is 0.